The van der Waals surface area contributed by atoms with Crippen LogP contribution in [0.1, 0.15) is 37.9 Å². The van der Waals surface area contributed by atoms with E-state index >= 15 is 0 Å². The van der Waals surface area contributed by atoms with E-state index in [2.05, 4.69) is 22.1 Å². The fourth-order valence-electron chi connectivity index (χ4n) is 2.95. The first kappa shape index (κ1) is 14.4. The van der Waals surface area contributed by atoms with Gasteiger partial charge in [-0.25, -0.2) is 4.39 Å². The molecule has 0 aromatic carbocycles. The van der Waals surface area contributed by atoms with E-state index in [4.69, 9.17) is 0 Å². The maximum atomic E-state index is 12.9. The Morgan fingerprint density at radius 2 is 2.05 bits per heavy atom. The summed E-state index contributed by atoms with van der Waals surface area (Å²) in [4.78, 5) is 6.74. The van der Waals surface area contributed by atoms with Crippen LogP contribution in [0.4, 0.5) is 4.39 Å². The van der Waals surface area contributed by atoms with Gasteiger partial charge in [0.2, 0.25) is 0 Å². The van der Waals surface area contributed by atoms with Gasteiger partial charge in [-0.05, 0) is 51.0 Å². The molecule has 1 aromatic rings. The molecule has 0 amide bonds. The molecule has 4 heteroatoms. The minimum Gasteiger partial charge on any atom is -0.311 e. The normalized spacial score (nSPS) is 20.2. The first-order valence-corrected chi connectivity index (χ1v) is 7.22. The maximum absolute atomic E-state index is 12.9. The van der Waals surface area contributed by atoms with Crippen molar-refractivity contribution in [3.8, 4) is 0 Å². The van der Waals surface area contributed by atoms with Crippen LogP contribution in [0.15, 0.2) is 18.3 Å². The number of hydrogen-bond donors (Lipinski definition) is 1. The predicted octanol–water partition coefficient (Wildman–Crippen LogP) is 2.60. The Kier molecular flexibility index (Phi) is 5.28. The predicted molar refractivity (Wildman–Crippen MR) is 75.5 cm³/mol. The van der Waals surface area contributed by atoms with Gasteiger partial charge in [-0.1, -0.05) is 13.3 Å². The second-order valence-corrected chi connectivity index (χ2v) is 5.51. The van der Waals surface area contributed by atoms with Gasteiger partial charge in [-0.15, -0.1) is 0 Å². The van der Waals surface area contributed by atoms with Gasteiger partial charge in [0.1, 0.15) is 5.82 Å². The number of pyridine rings is 1. The van der Waals surface area contributed by atoms with Crippen molar-refractivity contribution >= 4 is 0 Å². The molecule has 0 spiro atoms. The van der Waals surface area contributed by atoms with Gasteiger partial charge in [0.05, 0.1) is 17.9 Å². The Balaban J connectivity index is 1.97. The van der Waals surface area contributed by atoms with Gasteiger partial charge >= 0.3 is 0 Å². The molecule has 106 valence electrons. The van der Waals surface area contributed by atoms with Gasteiger partial charge in [0, 0.05) is 6.54 Å². The van der Waals surface area contributed by atoms with Crippen molar-refractivity contribution < 1.29 is 4.39 Å². The second kappa shape index (κ2) is 6.96. The first-order chi connectivity index (χ1) is 9.20. The van der Waals surface area contributed by atoms with E-state index in [1.807, 2.05) is 7.05 Å². The monoisotopic (exact) mass is 265 g/mol. The van der Waals surface area contributed by atoms with Gasteiger partial charge in [0.25, 0.3) is 0 Å². The molecule has 3 nitrogen and oxygen atoms in total. The van der Waals surface area contributed by atoms with Crippen LogP contribution >= 0.6 is 0 Å². The molecule has 1 aromatic heterocycles. The third-order valence-electron chi connectivity index (χ3n) is 3.94. The summed E-state index contributed by atoms with van der Waals surface area (Å²) in [6, 6.07) is 3.45. The van der Waals surface area contributed by atoms with E-state index in [1.54, 1.807) is 6.07 Å². The van der Waals surface area contributed by atoms with Crippen molar-refractivity contribution in [1.82, 2.24) is 15.2 Å². The summed E-state index contributed by atoms with van der Waals surface area (Å²) in [5.41, 5.74) is 0.924. The fraction of sp³-hybridized carbons (Fsp3) is 0.667. The first-order valence-electron chi connectivity index (χ1n) is 7.22. The molecule has 1 fully saturated rings. The smallest absolute Gasteiger partial charge is 0.141 e. The zero-order valence-electron chi connectivity index (χ0n) is 11.9. The van der Waals surface area contributed by atoms with Crippen molar-refractivity contribution in [2.45, 2.75) is 32.2 Å². The molecular weight excluding hydrogens is 241 g/mol. The van der Waals surface area contributed by atoms with Crippen LogP contribution in [0, 0.1) is 11.7 Å². The molecule has 19 heavy (non-hydrogen) atoms. The van der Waals surface area contributed by atoms with Crippen molar-refractivity contribution in [2.75, 3.05) is 26.7 Å². The van der Waals surface area contributed by atoms with E-state index in [0.29, 0.717) is 5.92 Å². The molecule has 1 saturated heterocycles. The third-order valence-corrected chi connectivity index (χ3v) is 3.94. The maximum Gasteiger partial charge on any atom is 0.141 e. The van der Waals surface area contributed by atoms with E-state index in [1.165, 1.54) is 44.6 Å². The molecule has 0 radical (unpaired) electrons. The molecule has 2 rings (SSSR count). The Morgan fingerprint density at radius 3 is 2.63 bits per heavy atom. The Hall–Kier alpha value is -1.00. The van der Waals surface area contributed by atoms with Crippen LogP contribution in [-0.4, -0.2) is 36.6 Å². The minimum atomic E-state index is -0.276. The van der Waals surface area contributed by atoms with Crippen LogP contribution in [0.3, 0.4) is 0 Å². The summed E-state index contributed by atoms with van der Waals surface area (Å²) in [5, 5.41) is 3.32. The lowest BCUT2D eigenvalue weighted by Crippen LogP contribution is -2.37. The third kappa shape index (κ3) is 3.98. The van der Waals surface area contributed by atoms with E-state index in [9.17, 15) is 4.39 Å². The highest BCUT2D eigenvalue weighted by Gasteiger charge is 2.22. The van der Waals surface area contributed by atoms with Crippen LogP contribution < -0.4 is 5.32 Å². The standard InChI is InChI=1S/C15H24FN3/c1-12(11-19-8-4-3-5-9-19)15(17-2)14-7-6-13(16)10-18-14/h6-7,10,12,15,17H,3-5,8-9,11H2,1-2H3. The molecule has 0 bridgehead atoms. The lowest BCUT2D eigenvalue weighted by Gasteiger charge is -2.32. The zero-order valence-corrected chi connectivity index (χ0v) is 11.9. The second-order valence-electron chi connectivity index (χ2n) is 5.51. The molecule has 0 saturated carbocycles. The summed E-state index contributed by atoms with van der Waals surface area (Å²) in [7, 11) is 1.95. The molecule has 0 aliphatic carbocycles. The highest BCUT2D eigenvalue weighted by Crippen LogP contribution is 2.22. The van der Waals surface area contributed by atoms with Crippen LogP contribution in [0.5, 0.6) is 0 Å². The Morgan fingerprint density at radius 1 is 1.32 bits per heavy atom. The number of aromatic nitrogens is 1. The molecule has 2 atom stereocenters. The number of likely N-dealkylation sites (tertiary alicyclic amines) is 1. The lowest BCUT2D eigenvalue weighted by molar-refractivity contribution is 0.182. The largest absolute Gasteiger partial charge is 0.311 e. The van der Waals surface area contributed by atoms with Gasteiger partial charge < -0.3 is 10.2 Å². The molecule has 1 N–H and O–H groups in total. The van der Waals surface area contributed by atoms with Crippen LogP contribution in [0.2, 0.25) is 0 Å². The quantitative estimate of drug-likeness (QED) is 0.887. The summed E-state index contributed by atoms with van der Waals surface area (Å²) >= 11 is 0. The molecule has 2 heterocycles. The van der Waals surface area contributed by atoms with Gasteiger partial charge in [-0.3, -0.25) is 4.98 Å². The summed E-state index contributed by atoms with van der Waals surface area (Å²) in [6.07, 6.45) is 5.28. The van der Waals surface area contributed by atoms with Gasteiger partial charge in [0.15, 0.2) is 0 Å². The average Bonchev–Trinajstić information content (AvgIpc) is 2.43. The van der Waals surface area contributed by atoms with Crippen LogP contribution in [-0.2, 0) is 0 Å². The average molecular weight is 265 g/mol. The van der Waals surface area contributed by atoms with Crippen LogP contribution in [0.25, 0.3) is 0 Å². The summed E-state index contributed by atoms with van der Waals surface area (Å²) in [5.74, 6) is 0.184. The highest BCUT2D eigenvalue weighted by molar-refractivity contribution is 5.10. The SMILES string of the molecule is CNC(c1ccc(F)cn1)C(C)CN1CCCCC1. The molecule has 1 aliphatic heterocycles. The summed E-state index contributed by atoms with van der Waals surface area (Å²) < 4.78 is 12.9. The van der Waals surface area contributed by atoms with E-state index in [0.717, 1.165) is 12.2 Å². The fourth-order valence-corrected chi connectivity index (χ4v) is 2.95. The minimum absolute atomic E-state index is 0.183. The number of nitrogens with zero attached hydrogens (tertiary/aromatic N) is 2. The summed E-state index contributed by atoms with van der Waals surface area (Å²) in [6.45, 7) is 5.72. The number of hydrogen-bond acceptors (Lipinski definition) is 3. The highest BCUT2D eigenvalue weighted by atomic mass is 19.1. The Labute approximate surface area is 115 Å². The Bertz CT molecular complexity index is 373. The van der Waals surface area contributed by atoms with Crippen molar-refractivity contribution in [2.24, 2.45) is 5.92 Å². The van der Waals surface area contributed by atoms with Crippen molar-refractivity contribution in [1.29, 1.82) is 0 Å². The number of halogens is 1. The zero-order chi connectivity index (χ0) is 13.7. The molecule has 1 aliphatic rings. The van der Waals surface area contributed by atoms with Gasteiger partial charge in [-0.2, -0.15) is 0 Å². The van der Waals surface area contributed by atoms with Crippen molar-refractivity contribution in [3.63, 3.8) is 0 Å². The topological polar surface area (TPSA) is 28.2 Å². The number of rotatable bonds is 5. The van der Waals surface area contributed by atoms with Crippen molar-refractivity contribution in [3.05, 3.63) is 29.8 Å². The molecule has 2 unspecified atom stereocenters. The number of piperidine rings is 1. The van der Waals surface area contributed by atoms with E-state index in [-0.39, 0.29) is 11.9 Å². The number of nitrogens with one attached hydrogen (secondary N) is 1. The molecular formula is C15H24FN3. The van der Waals surface area contributed by atoms with E-state index < -0.39 is 0 Å². The lowest BCUT2D eigenvalue weighted by atomic mass is 9.97.